The molecule has 9 saturated heterocycles. The van der Waals surface area contributed by atoms with Crippen molar-refractivity contribution in [3.8, 4) is 86.2 Å². The first-order chi connectivity index (χ1) is 74.4. The van der Waals surface area contributed by atoms with Crippen molar-refractivity contribution in [2.24, 2.45) is 35.5 Å². The zero-order valence-electron chi connectivity index (χ0n) is 94.8. The first-order valence-electron chi connectivity index (χ1n) is 53.0. The number of fused-ring (bicyclic) bond motifs is 12. The molecule has 6 aromatic rings. The molecule has 15 aliphatic rings. The number of hydrogen-bond acceptors (Lipinski definition) is 42. The molecule has 138 heavy (non-hydrogen) atoms. The molecule has 750 valence electrons. The summed E-state index contributed by atoms with van der Waals surface area (Å²) in [5.74, 6) is -23.7. The number of phosphoric acid groups is 3. The highest BCUT2D eigenvalue weighted by atomic mass is 31.2. The van der Waals surface area contributed by atoms with Crippen molar-refractivity contribution in [2.75, 3.05) is 102 Å². The Morgan fingerprint density at radius 3 is 0.978 bits per heavy atom. The fraction of sp³-hybridized carbons (Fsp3) is 0.552. The molecule has 51 heteroatoms. The van der Waals surface area contributed by atoms with E-state index in [0.717, 1.165) is 44.6 Å². The largest absolute Gasteiger partial charge is 0.525 e. The van der Waals surface area contributed by atoms with E-state index in [9.17, 15) is 89.4 Å². The quantitative estimate of drug-likeness (QED) is 0.0279. The van der Waals surface area contributed by atoms with E-state index in [-0.39, 0.29) is 108 Å². The number of methoxy groups -OCH3 is 6. The van der Waals surface area contributed by atoms with E-state index in [1.807, 2.05) is 0 Å². The van der Waals surface area contributed by atoms with E-state index in [2.05, 4.69) is 4.52 Å². The Labute approximate surface area is 815 Å². The highest BCUT2D eigenvalue weighted by Gasteiger charge is 2.62. The Morgan fingerprint density at radius 1 is 0.348 bits per heavy atom. The van der Waals surface area contributed by atoms with Gasteiger partial charge in [-0.15, -0.1) is 0 Å². The summed E-state index contributed by atoms with van der Waals surface area (Å²) < 4.78 is 387. The summed E-state index contributed by atoms with van der Waals surface area (Å²) in [5, 5.41) is 66.7. The lowest BCUT2D eigenvalue weighted by molar-refractivity contribution is -0.364. The van der Waals surface area contributed by atoms with Crippen LogP contribution in [0.4, 0.5) is 0 Å². The van der Waals surface area contributed by atoms with Crippen LogP contribution in [0, 0.1) is 35.5 Å². The second-order valence-corrected chi connectivity index (χ2v) is 36.3. The van der Waals surface area contributed by atoms with Gasteiger partial charge in [0.05, 0.1) is 140 Å². The monoisotopic (exact) mass is 2030 g/mol. The number of phosphoric ester groups is 3. The molecule has 12 N–H and O–H groups in total. The van der Waals surface area contributed by atoms with E-state index in [4.69, 9.17) is 167 Å². The van der Waals surface area contributed by atoms with Crippen molar-refractivity contribution < 1.29 is 261 Å². The molecule has 30 atom stereocenters. The standard InChI is InChI=1S/3C29H33O16P/c3*1-11-38-9-20-27(42-11)23(30)24(31)29(43-20)44-25-14-7-17-16(40-10-41-17)6-13(14)21(22-15(25)8-39-28(22)32)12-4-18(36-2)26(19(5-12)37-3)45-46(33,34)35/h3*4-7,11,15,20-25,27,29-31H,8-10H2,1-3H3,(H2,33,34,35)/t3*11-,15+,20-,21-,22+,23-,24-,25-,27-,29+/m111/s1/i8D2,9D2,10D2,21D;2D3,3D3,9D2,10D2;8D2,9D2,10D2. The third kappa shape index (κ3) is 18.3. The average Bonchev–Trinajstić information content (AvgIpc) is 1.55. The van der Waals surface area contributed by atoms with E-state index in [0.29, 0.717) is 0 Å². The van der Waals surface area contributed by atoms with Crippen LogP contribution in [0.3, 0.4) is 0 Å². The van der Waals surface area contributed by atoms with Crippen LogP contribution in [0.5, 0.6) is 86.2 Å². The Hall–Kier alpha value is -9.54. The Bertz CT molecular complexity index is 6820. The van der Waals surface area contributed by atoms with Crippen LogP contribution in [-0.2, 0) is 99.1 Å². The minimum atomic E-state index is -5.55. The topological polar surface area (TPSA) is 622 Å². The number of ether oxygens (including phenoxy) is 27. The second kappa shape index (κ2) is 38.4. The highest BCUT2D eigenvalue weighted by molar-refractivity contribution is 7.47. The highest BCUT2D eigenvalue weighted by Crippen LogP contribution is 2.64. The zero-order chi connectivity index (χ0) is 118. The van der Waals surface area contributed by atoms with Crippen molar-refractivity contribution in [1.82, 2.24) is 0 Å². The van der Waals surface area contributed by atoms with Gasteiger partial charge in [0.2, 0.25) is 37.5 Å². The Balaban J connectivity index is 0.000000149. The van der Waals surface area contributed by atoms with Gasteiger partial charge in [-0.2, -0.15) is 0 Å². The van der Waals surface area contributed by atoms with E-state index in [1.54, 1.807) is 0 Å². The summed E-state index contributed by atoms with van der Waals surface area (Å²) in [6.45, 7) is -17.7. The fourth-order valence-electron chi connectivity index (χ4n) is 18.9. The molecule has 0 aromatic heterocycles. The molecular weight excluding hydrogens is 1910 g/mol. The van der Waals surface area contributed by atoms with Crippen molar-refractivity contribution >= 4 is 41.4 Å². The molecule has 6 aromatic carbocycles. The lowest BCUT2D eigenvalue weighted by Gasteiger charge is -2.47. The molecule has 9 fully saturated rings. The first-order valence-corrected chi connectivity index (χ1v) is 46.1. The molecule has 0 saturated carbocycles. The number of esters is 3. The number of cyclic esters (lactones) is 3. The minimum absolute atomic E-state index is 0.0516. The maximum Gasteiger partial charge on any atom is 0.525 e. The van der Waals surface area contributed by atoms with Gasteiger partial charge in [-0.25, -0.2) is 13.7 Å². The zero-order valence-corrected chi connectivity index (χ0v) is 74.5. The summed E-state index contributed by atoms with van der Waals surface area (Å²) in [6, 6.07) is 14.1. The fourth-order valence-corrected chi connectivity index (χ4v) is 20.2. The third-order valence-corrected chi connectivity index (χ3v) is 26.0. The summed E-state index contributed by atoms with van der Waals surface area (Å²) in [7, 11) is -18.0. The van der Waals surface area contributed by atoms with Crippen molar-refractivity contribution in [2.45, 2.75) is 168 Å². The van der Waals surface area contributed by atoms with Gasteiger partial charge in [-0.05, 0) is 144 Å². The summed E-state index contributed by atoms with van der Waals surface area (Å²) in [4.78, 5) is 98.8. The molecular formula is C87H99O48P3. The lowest BCUT2D eigenvalue weighted by atomic mass is 9.66. The van der Waals surface area contributed by atoms with Crippen LogP contribution in [0.25, 0.3) is 0 Å². The van der Waals surface area contributed by atoms with Gasteiger partial charge in [-0.1, -0.05) is 0 Å². The Kier molecular flexibility index (Phi) is 20.2. The van der Waals surface area contributed by atoms with E-state index < -0.39 is 326 Å². The van der Waals surface area contributed by atoms with Crippen LogP contribution in [0.2, 0.25) is 0 Å². The summed E-state index contributed by atoms with van der Waals surface area (Å²) >= 11 is 0. The van der Waals surface area contributed by atoms with Crippen molar-refractivity contribution in [1.29, 1.82) is 0 Å². The smallest absolute Gasteiger partial charge is 0.493 e. The first kappa shape index (κ1) is 72.7. The third-order valence-electron chi connectivity index (χ3n) is 24.7. The Morgan fingerprint density at radius 2 is 0.638 bits per heavy atom. The number of benzene rings is 6. The van der Waals surface area contributed by atoms with Crippen molar-refractivity contribution in [3.63, 3.8) is 0 Å². The molecule has 0 bridgehead atoms. The number of hydrogen-bond donors (Lipinski definition) is 12. The van der Waals surface area contributed by atoms with Crippen LogP contribution < -0.4 is 70.4 Å². The molecule has 12 aliphatic heterocycles. The maximum absolute atomic E-state index is 13.8. The van der Waals surface area contributed by atoms with Gasteiger partial charge in [0.1, 0.15) is 81.5 Å². The lowest BCUT2D eigenvalue weighted by Crippen LogP contribution is -2.63. The van der Waals surface area contributed by atoms with E-state index >= 15 is 0 Å². The summed E-state index contributed by atoms with van der Waals surface area (Å²) in [5.41, 5.74) is -0.181. The number of aliphatic hydroxyl groups excluding tert-OH is 6. The van der Waals surface area contributed by atoms with Gasteiger partial charge in [0, 0.05) is 36.9 Å². The van der Waals surface area contributed by atoms with Crippen LogP contribution in [-0.4, -0.2) is 291 Å². The van der Waals surface area contributed by atoms with Gasteiger partial charge in [0.25, 0.3) is 0 Å². The maximum atomic E-state index is 13.8. The second-order valence-electron chi connectivity index (χ2n) is 32.8. The predicted molar refractivity (Wildman–Crippen MR) is 448 cm³/mol. The molecule has 0 unspecified atom stereocenters. The van der Waals surface area contributed by atoms with Crippen molar-refractivity contribution in [3.05, 3.63) is 123 Å². The number of carbonyl (C=O) groups excluding carboxylic acids is 3. The molecule has 0 spiro atoms. The normalized spacial score (nSPS) is 40.7. The number of carbonyl (C=O) groups is 3. The molecule has 0 amide bonds. The van der Waals surface area contributed by atoms with E-state index in [1.165, 1.54) is 77.5 Å². The predicted octanol–water partition coefficient (Wildman–Crippen LogP) is 3.31. The van der Waals surface area contributed by atoms with Crippen LogP contribution in [0.15, 0.2) is 72.8 Å². The van der Waals surface area contributed by atoms with Gasteiger partial charge in [0.15, 0.2) is 107 Å². The van der Waals surface area contributed by atoms with Gasteiger partial charge >= 0.3 is 41.4 Å². The number of aliphatic hydroxyl groups is 6. The van der Waals surface area contributed by atoms with Gasteiger partial charge < -0.3 is 172 Å². The number of rotatable bonds is 21. The average molecular weight is 2030 g/mol. The van der Waals surface area contributed by atoms with Crippen LogP contribution in [0.1, 0.15) is 138 Å². The molecule has 0 radical (unpaired) electrons. The van der Waals surface area contributed by atoms with Gasteiger partial charge in [-0.3, -0.25) is 43.7 Å². The van der Waals surface area contributed by atoms with Crippen LogP contribution >= 0.6 is 23.5 Å². The minimum Gasteiger partial charge on any atom is -0.493 e. The molecule has 3 aliphatic carbocycles. The molecule has 12 heterocycles. The molecule has 21 rings (SSSR count). The molecule has 48 nitrogen and oxygen atoms in total. The SMILES string of the molecule is [2H]C([2H])([2H])Oc1cc([C@@H]2c3cc4c(cc3[C@@H](O[C@@H]3O[C@H]5[C@@H](O[C@H](C)OC5([2H])[2H])[C@H](O)[C@H]3O)[C@H]3COC(=O)[C@H]23)OC([2H])([2H])O4)cc(OC([2H])([2H])[2H])c1OP(=O)(O)O.[2H]C1([2H])Oc2cc3c(cc2O1)[C@@H](O[C@@H]1O[C@H]2[C@@H](O[C@H](C)OC2([2H])[2H])[C@H](O)[C@H]1O)[C@@H]1[C@H](C(=O)OC1([2H])[2H])[C@@H]3c1cc(OC)c(OP(=O)(O)O)c(OC)c1.[2H]C1([2H])Oc2cc3c(cc2O1)[C@@]([2H])(c1cc(OC)c(OP(=O)(O)O)c(OC)c1)[C@H]1C(=O)OC([2H])([2H])[C@@H]1[C@@H]3O[C@@H]1O[C@H]2[C@@H](O[C@H](C)OC2([2H])[2H])[C@H](O)[C@H]1O. The summed E-state index contributed by atoms with van der Waals surface area (Å²) in [6.07, 6.45) is -34.1.